The molecule has 0 radical (unpaired) electrons. The van der Waals surface area contributed by atoms with Crippen molar-refractivity contribution in [3.63, 3.8) is 0 Å². The molecule has 2 nitrogen and oxygen atoms in total. The van der Waals surface area contributed by atoms with Gasteiger partial charge in [-0.3, -0.25) is 0 Å². The van der Waals surface area contributed by atoms with Crippen LogP contribution in [0.4, 0.5) is 0 Å². The first-order valence-corrected chi connectivity index (χ1v) is 6.25. The van der Waals surface area contributed by atoms with E-state index in [9.17, 15) is 5.11 Å². The summed E-state index contributed by atoms with van der Waals surface area (Å²) >= 11 is 0. The summed E-state index contributed by atoms with van der Waals surface area (Å²) in [5.41, 5.74) is 2.25. The lowest BCUT2D eigenvalue weighted by Gasteiger charge is -2.09. The Morgan fingerprint density at radius 2 is 1.78 bits per heavy atom. The molecule has 0 heterocycles. The lowest BCUT2D eigenvalue weighted by atomic mass is 10.1. The molecule has 0 aliphatic carbocycles. The van der Waals surface area contributed by atoms with Gasteiger partial charge >= 0.3 is 0 Å². The molecule has 18 heavy (non-hydrogen) atoms. The van der Waals surface area contributed by atoms with Gasteiger partial charge in [0.2, 0.25) is 0 Å². The van der Waals surface area contributed by atoms with Crippen LogP contribution in [-0.2, 0) is 6.42 Å². The highest BCUT2D eigenvalue weighted by molar-refractivity contribution is 5.41. The Labute approximate surface area is 108 Å². The van der Waals surface area contributed by atoms with Crippen molar-refractivity contribution >= 4 is 0 Å². The summed E-state index contributed by atoms with van der Waals surface area (Å²) in [6, 6.07) is 13.3. The van der Waals surface area contributed by atoms with E-state index in [0.717, 1.165) is 29.9 Å². The van der Waals surface area contributed by atoms with Gasteiger partial charge in [0.05, 0.1) is 0 Å². The summed E-state index contributed by atoms with van der Waals surface area (Å²) in [6.45, 7) is 4.09. The highest BCUT2D eigenvalue weighted by atomic mass is 16.5. The minimum atomic E-state index is 0.262. The van der Waals surface area contributed by atoms with Crippen LogP contribution >= 0.6 is 0 Å². The first-order chi connectivity index (χ1) is 8.69. The van der Waals surface area contributed by atoms with Gasteiger partial charge in [0.1, 0.15) is 17.2 Å². The van der Waals surface area contributed by atoms with Crippen LogP contribution in [0.25, 0.3) is 0 Å². The van der Waals surface area contributed by atoms with Crippen molar-refractivity contribution in [3.05, 3.63) is 53.6 Å². The summed E-state index contributed by atoms with van der Waals surface area (Å²) < 4.78 is 5.79. The molecule has 2 heteroatoms. The van der Waals surface area contributed by atoms with Gasteiger partial charge in [0, 0.05) is 0 Å². The molecule has 0 atom stereocenters. The second kappa shape index (κ2) is 5.58. The molecule has 2 aromatic rings. The molecule has 2 aromatic carbocycles. The van der Waals surface area contributed by atoms with Crippen LogP contribution in [0.3, 0.4) is 0 Å². The van der Waals surface area contributed by atoms with E-state index in [2.05, 4.69) is 19.1 Å². The summed E-state index contributed by atoms with van der Waals surface area (Å²) in [5.74, 6) is 1.86. The smallest absolute Gasteiger partial charge is 0.130 e. The zero-order chi connectivity index (χ0) is 13.0. The molecule has 0 spiro atoms. The molecule has 0 bridgehead atoms. The van der Waals surface area contributed by atoms with Crippen LogP contribution in [0.2, 0.25) is 0 Å². The SMILES string of the molecule is CCCc1ccc(Oc2ccc(O)cc2C)cc1. The summed E-state index contributed by atoms with van der Waals surface area (Å²) in [7, 11) is 0. The second-order valence-electron chi connectivity index (χ2n) is 4.45. The number of benzene rings is 2. The number of hydrogen-bond donors (Lipinski definition) is 1. The Balaban J connectivity index is 2.13. The molecular weight excluding hydrogens is 224 g/mol. The van der Waals surface area contributed by atoms with Crippen molar-refractivity contribution in [2.24, 2.45) is 0 Å². The van der Waals surface area contributed by atoms with Gasteiger partial charge in [0.25, 0.3) is 0 Å². The van der Waals surface area contributed by atoms with Crippen molar-refractivity contribution in [1.82, 2.24) is 0 Å². The van der Waals surface area contributed by atoms with Gasteiger partial charge in [0.15, 0.2) is 0 Å². The molecule has 0 amide bonds. The molecule has 0 aliphatic heterocycles. The maximum Gasteiger partial charge on any atom is 0.130 e. The third kappa shape index (κ3) is 3.04. The summed E-state index contributed by atoms with van der Waals surface area (Å²) in [5, 5.41) is 9.34. The predicted molar refractivity (Wildman–Crippen MR) is 73.4 cm³/mol. The molecule has 2 rings (SSSR count). The van der Waals surface area contributed by atoms with Gasteiger partial charge < -0.3 is 9.84 Å². The Bertz CT molecular complexity index is 515. The molecule has 1 N–H and O–H groups in total. The number of ether oxygens (including phenoxy) is 1. The lowest BCUT2D eigenvalue weighted by Crippen LogP contribution is -1.88. The van der Waals surface area contributed by atoms with E-state index >= 15 is 0 Å². The van der Waals surface area contributed by atoms with Gasteiger partial charge in [-0.2, -0.15) is 0 Å². The number of phenolic OH excluding ortho intramolecular Hbond substituents is 1. The predicted octanol–water partition coefficient (Wildman–Crippen LogP) is 4.45. The zero-order valence-corrected chi connectivity index (χ0v) is 10.8. The van der Waals surface area contributed by atoms with Gasteiger partial charge in [-0.15, -0.1) is 0 Å². The van der Waals surface area contributed by atoms with Crippen LogP contribution in [0.5, 0.6) is 17.2 Å². The minimum Gasteiger partial charge on any atom is -0.508 e. The van der Waals surface area contributed by atoms with Crippen LogP contribution in [0.15, 0.2) is 42.5 Å². The Kier molecular flexibility index (Phi) is 3.88. The zero-order valence-electron chi connectivity index (χ0n) is 10.8. The Hall–Kier alpha value is -1.96. The molecule has 0 unspecified atom stereocenters. The van der Waals surface area contributed by atoms with Gasteiger partial charge in [-0.1, -0.05) is 25.5 Å². The Morgan fingerprint density at radius 3 is 2.39 bits per heavy atom. The first kappa shape index (κ1) is 12.5. The fourth-order valence-electron chi connectivity index (χ4n) is 1.89. The maximum absolute atomic E-state index is 9.34. The normalized spacial score (nSPS) is 10.3. The fraction of sp³-hybridized carbons (Fsp3) is 0.250. The van der Waals surface area contributed by atoms with Crippen LogP contribution in [0.1, 0.15) is 24.5 Å². The maximum atomic E-state index is 9.34. The van der Waals surface area contributed by atoms with E-state index in [4.69, 9.17) is 4.74 Å². The van der Waals surface area contributed by atoms with E-state index in [1.165, 1.54) is 5.56 Å². The monoisotopic (exact) mass is 242 g/mol. The Morgan fingerprint density at radius 1 is 1.06 bits per heavy atom. The van der Waals surface area contributed by atoms with Crippen molar-refractivity contribution in [3.8, 4) is 17.2 Å². The number of aryl methyl sites for hydroxylation is 2. The fourth-order valence-corrected chi connectivity index (χ4v) is 1.89. The van der Waals surface area contributed by atoms with E-state index in [0.29, 0.717) is 0 Å². The van der Waals surface area contributed by atoms with Crippen LogP contribution in [0, 0.1) is 6.92 Å². The van der Waals surface area contributed by atoms with Gasteiger partial charge in [-0.05, 0) is 54.8 Å². The quantitative estimate of drug-likeness (QED) is 0.858. The molecule has 0 saturated heterocycles. The molecule has 0 aliphatic rings. The van der Waals surface area contributed by atoms with Gasteiger partial charge in [-0.25, -0.2) is 0 Å². The van der Waals surface area contributed by atoms with Crippen molar-refractivity contribution in [1.29, 1.82) is 0 Å². The lowest BCUT2D eigenvalue weighted by molar-refractivity contribution is 0.461. The van der Waals surface area contributed by atoms with E-state index in [1.807, 2.05) is 19.1 Å². The van der Waals surface area contributed by atoms with Crippen molar-refractivity contribution in [2.45, 2.75) is 26.7 Å². The largest absolute Gasteiger partial charge is 0.508 e. The van der Waals surface area contributed by atoms with E-state index in [1.54, 1.807) is 18.2 Å². The molecular formula is C16H18O2. The summed E-state index contributed by atoms with van der Waals surface area (Å²) in [6.07, 6.45) is 2.25. The third-order valence-corrected chi connectivity index (χ3v) is 2.85. The van der Waals surface area contributed by atoms with E-state index in [-0.39, 0.29) is 5.75 Å². The number of phenols is 1. The van der Waals surface area contributed by atoms with Crippen molar-refractivity contribution in [2.75, 3.05) is 0 Å². The standard InChI is InChI=1S/C16H18O2/c1-3-4-13-5-8-15(9-6-13)18-16-10-7-14(17)11-12(16)2/h5-11,17H,3-4H2,1-2H3. The minimum absolute atomic E-state index is 0.262. The number of rotatable bonds is 4. The average molecular weight is 242 g/mol. The summed E-state index contributed by atoms with van der Waals surface area (Å²) in [4.78, 5) is 0. The first-order valence-electron chi connectivity index (χ1n) is 6.25. The van der Waals surface area contributed by atoms with Crippen LogP contribution < -0.4 is 4.74 Å². The van der Waals surface area contributed by atoms with Crippen LogP contribution in [-0.4, -0.2) is 5.11 Å². The number of hydrogen-bond acceptors (Lipinski definition) is 2. The highest BCUT2D eigenvalue weighted by Crippen LogP contribution is 2.27. The second-order valence-corrected chi connectivity index (χ2v) is 4.45. The molecule has 0 fully saturated rings. The van der Waals surface area contributed by atoms with E-state index < -0.39 is 0 Å². The third-order valence-electron chi connectivity index (χ3n) is 2.85. The molecule has 0 aromatic heterocycles. The topological polar surface area (TPSA) is 29.5 Å². The highest BCUT2D eigenvalue weighted by Gasteiger charge is 2.02. The average Bonchev–Trinajstić information content (AvgIpc) is 2.35. The molecule has 94 valence electrons. The van der Waals surface area contributed by atoms with Crippen molar-refractivity contribution < 1.29 is 9.84 Å². The molecule has 0 saturated carbocycles. The number of aromatic hydroxyl groups is 1.